The van der Waals surface area contributed by atoms with Crippen molar-refractivity contribution in [3.8, 4) is 0 Å². The molecular formula is C9H14N2O2. The smallest absolute Gasteiger partial charge is 0.410 e. The molecule has 2 heterocycles. The molecule has 1 N–H and O–H groups in total. The second kappa shape index (κ2) is 2.61. The van der Waals surface area contributed by atoms with E-state index in [0.717, 1.165) is 19.5 Å². The number of piperidine rings is 1. The molecule has 2 aliphatic heterocycles. The van der Waals surface area contributed by atoms with E-state index in [1.165, 1.54) is 12.8 Å². The van der Waals surface area contributed by atoms with E-state index in [0.29, 0.717) is 12.1 Å². The second-order valence-electron chi connectivity index (χ2n) is 4.12. The first kappa shape index (κ1) is 7.62. The Hall–Kier alpha value is -0.770. The molecule has 0 aromatic heterocycles. The zero-order valence-corrected chi connectivity index (χ0v) is 7.53. The molecule has 3 aliphatic rings. The molecule has 72 valence electrons. The second-order valence-corrected chi connectivity index (χ2v) is 4.12. The minimum atomic E-state index is -0.0822. The monoisotopic (exact) mass is 182 g/mol. The largest absolute Gasteiger partial charge is 0.443 e. The first-order chi connectivity index (χ1) is 6.36. The van der Waals surface area contributed by atoms with Gasteiger partial charge in [-0.05, 0) is 25.8 Å². The number of nitrogens with zero attached hydrogens (tertiary/aromatic N) is 1. The molecule has 1 saturated carbocycles. The lowest BCUT2D eigenvalue weighted by Gasteiger charge is -2.28. The lowest BCUT2D eigenvalue weighted by Crippen LogP contribution is -2.47. The molecule has 2 atom stereocenters. The topological polar surface area (TPSA) is 41.6 Å². The summed E-state index contributed by atoms with van der Waals surface area (Å²) in [5.41, 5.74) is 0. The van der Waals surface area contributed by atoms with Gasteiger partial charge in [0.2, 0.25) is 0 Å². The van der Waals surface area contributed by atoms with E-state index in [1.54, 1.807) is 0 Å². The van der Waals surface area contributed by atoms with E-state index in [4.69, 9.17) is 4.74 Å². The third-order valence-electron chi connectivity index (χ3n) is 3.15. The van der Waals surface area contributed by atoms with Gasteiger partial charge in [0.25, 0.3) is 0 Å². The molecule has 2 saturated heterocycles. The Morgan fingerprint density at radius 3 is 3.00 bits per heavy atom. The van der Waals surface area contributed by atoms with Crippen LogP contribution >= 0.6 is 0 Å². The Bertz CT molecular complexity index is 240. The van der Waals surface area contributed by atoms with E-state index >= 15 is 0 Å². The van der Waals surface area contributed by atoms with E-state index in [1.807, 2.05) is 4.90 Å². The average molecular weight is 182 g/mol. The molecule has 1 aliphatic carbocycles. The van der Waals surface area contributed by atoms with E-state index in [-0.39, 0.29) is 12.2 Å². The third-order valence-corrected chi connectivity index (χ3v) is 3.15. The lowest BCUT2D eigenvalue weighted by atomic mass is 10.0. The summed E-state index contributed by atoms with van der Waals surface area (Å²) in [5, 5.41) is 3.25. The summed E-state index contributed by atoms with van der Waals surface area (Å²) in [7, 11) is 0. The molecule has 4 heteroatoms. The fraction of sp³-hybridized carbons (Fsp3) is 0.889. The van der Waals surface area contributed by atoms with Gasteiger partial charge < -0.3 is 10.1 Å². The van der Waals surface area contributed by atoms with Crippen LogP contribution in [-0.4, -0.2) is 42.3 Å². The third kappa shape index (κ3) is 1.12. The van der Waals surface area contributed by atoms with Gasteiger partial charge in [-0.2, -0.15) is 0 Å². The van der Waals surface area contributed by atoms with Gasteiger partial charge in [-0.25, -0.2) is 4.79 Å². The molecule has 4 nitrogen and oxygen atoms in total. The number of amides is 1. The first-order valence-electron chi connectivity index (χ1n) is 5.06. The Labute approximate surface area is 77.2 Å². The fourth-order valence-electron chi connectivity index (χ4n) is 2.35. The maximum atomic E-state index is 11.5. The van der Waals surface area contributed by atoms with Crippen LogP contribution in [0.3, 0.4) is 0 Å². The predicted octanol–water partition coefficient (Wildman–Crippen LogP) is 0.331. The van der Waals surface area contributed by atoms with Crippen LogP contribution in [-0.2, 0) is 4.74 Å². The van der Waals surface area contributed by atoms with Crippen molar-refractivity contribution in [1.82, 2.24) is 10.2 Å². The number of carbonyl (C=O) groups excluding carboxylic acids is 1. The Balaban J connectivity index is 1.81. The number of hydrogen-bond donors (Lipinski definition) is 1. The van der Waals surface area contributed by atoms with E-state index < -0.39 is 0 Å². The van der Waals surface area contributed by atoms with Crippen LogP contribution < -0.4 is 5.32 Å². The van der Waals surface area contributed by atoms with Crippen LogP contribution in [0, 0.1) is 0 Å². The SMILES string of the molecule is O=C1OC2CNCCC2N1C1CC1. The van der Waals surface area contributed by atoms with Gasteiger partial charge in [0.05, 0.1) is 6.04 Å². The Morgan fingerprint density at radius 1 is 1.38 bits per heavy atom. The zero-order valence-electron chi connectivity index (χ0n) is 7.53. The van der Waals surface area contributed by atoms with Crippen LogP contribution in [0.4, 0.5) is 4.79 Å². The minimum Gasteiger partial charge on any atom is -0.443 e. The zero-order chi connectivity index (χ0) is 8.84. The van der Waals surface area contributed by atoms with Gasteiger partial charge in [-0.15, -0.1) is 0 Å². The first-order valence-corrected chi connectivity index (χ1v) is 5.06. The highest BCUT2D eigenvalue weighted by molar-refractivity contribution is 5.71. The van der Waals surface area contributed by atoms with E-state index in [9.17, 15) is 4.79 Å². The maximum Gasteiger partial charge on any atom is 0.410 e. The molecule has 13 heavy (non-hydrogen) atoms. The van der Waals surface area contributed by atoms with Crippen LogP contribution in [0.25, 0.3) is 0 Å². The van der Waals surface area contributed by atoms with Crippen LogP contribution in [0.5, 0.6) is 0 Å². The lowest BCUT2D eigenvalue weighted by molar-refractivity contribution is 0.121. The van der Waals surface area contributed by atoms with Crippen molar-refractivity contribution in [2.24, 2.45) is 0 Å². The molecule has 0 bridgehead atoms. The summed E-state index contributed by atoms with van der Waals surface area (Å²) in [6.45, 7) is 1.85. The summed E-state index contributed by atoms with van der Waals surface area (Å²) < 4.78 is 5.30. The highest BCUT2D eigenvalue weighted by Gasteiger charge is 2.48. The van der Waals surface area contributed by atoms with Crippen LogP contribution in [0.2, 0.25) is 0 Å². The normalized spacial score (nSPS) is 38.8. The molecule has 0 spiro atoms. The Kier molecular flexibility index (Phi) is 1.53. The highest BCUT2D eigenvalue weighted by atomic mass is 16.6. The van der Waals surface area contributed by atoms with Crippen molar-refractivity contribution >= 4 is 6.09 Å². The van der Waals surface area contributed by atoms with Gasteiger partial charge in [-0.1, -0.05) is 0 Å². The van der Waals surface area contributed by atoms with Crippen LogP contribution in [0.15, 0.2) is 0 Å². The molecule has 3 rings (SSSR count). The fourth-order valence-corrected chi connectivity index (χ4v) is 2.35. The quantitative estimate of drug-likeness (QED) is 0.635. The molecule has 0 aromatic carbocycles. The summed E-state index contributed by atoms with van der Waals surface area (Å²) in [6, 6.07) is 0.863. The number of rotatable bonds is 1. The van der Waals surface area contributed by atoms with Crippen molar-refractivity contribution in [2.75, 3.05) is 13.1 Å². The number of hydrogen-bond acceptors (Lipinski definition) is 3. The highest BCUT2D eigenvalue weighted by Crippen LogP contribution is 2.35. The van der Waals surface area contributed by atoms with Crippen molar-refractivity contribution < 1.29 is 9.53 Å². The number of nitrogens with one attached hydrogen (secondary N) is 1. The summed E-state index contributed by atoms with van der Waals surface area (Å²) in [4.78, 5) is 13.5. The summed E-state index contributed by atoms with van der Waals surface area (Å²) >= 11 is 0. The van der Waals surface area contributed by atoms with Gasteiger partial charge in [-0.3, -0.25) is 4.90 Å². The molecule has 2 unspecified atom stereocenters. The number of fused-ring (bicyclic) bond motifs is 1. The van der Waals surface area contributed by atoms with Crippen molar-refractivity contribution in [2.45, 2.75) is 37.5 Å². The van der Waals surface area contributed by atoms with Crippen molar-refractivity contribution in [1.29, 1.82) is 0 Å². The average Bonchev–Trinajstić information content (AvgIpc) is 2.88. The van der Waals surface area contributed by atoms with Gasteiger partial charge >= 0.3 is 6.09 Å². The van der Waals surface area contributed by atoms with Gasteiger partial charge in [0.15, 0.2) is 0 Å². The maximum absolute atomic E-state index is 11.5. The Morgan fingerprint density at radius 2 is 2.23 bits per heavy atom. The van der Waals surface area contributed by atoms with Crippen molar-refractivity contribution in [3.05, 3.63) is 0 Å². The van der Waals surface area contributed by atoms with Gasteiger partial charge in [0, 0.05) is 12.6 Å². The van der Waals surface area contributed by atoms with Gasteiger partial charge in [0.1, 0.15) is 6.10 Å². The predicted molar refractivity (Wildman–Crippen MR) is 46.4 cm³/mol. The standard InChI is InChI=1S/C9H14N2O2/c12-9-11(6-1-2-6)7-3-4-10-5-8(7)13-9/h6-8,10H,1-5H2. The molecule has 3 fully saturated rings. The summed E-state index contributed by atoms with van der Waals surface area (Å²) in [6.07, 6.45) is 3.42. The minimum absolute atomic E-state index is 0.0822. The van der Waals surface area contributed by atoms with E-state index in [2.05, 4.69) is 5.32 Å². The molecular weight excluding hydrogens is 168 g/mol. The number of ether oxygens (including phenoxy) is 1. The number of carbonyl (C=O) groups is 1. The molecule has 0 aromatic rings. The van der Waals surface area contributed by atoms with Crippen LogP contribution in [0.1, 0.15) is 19.3 Å². The van der Waals surface area contributed by atoms with Crippen molar-refractivity contribution in [3.63, 3.8) is 0 Å². The summed E-state index contributed by atoms with van der Waals surface area (Å²) in [5.74, 6) is 0. The molecule has 0 radical (unpaired) electrons. The molecule has 1 amide bonds.